The average Bonchev–Trinajstić information content (AvgIpc) is 2.45. The monoisotopic (exact) mass is 318 g/mol. The molecular formula is C18H22O3S. The number of benzene rings is 2. The van der Waals surface area contributed by atoms with Crippen LogP contribution in [0.4, 0.5) is 0 Å². The minimum absolute atomic E-state index is 0.184. The van der Waals surface area contributed by atoms with Gasteiger partial charge in [0.15, 0.2) is 0 Å². The topological polar surface area (TPSA) is 43.4 Å². The summed E-state index contributed by atoms with van der Waals surface area (Å²) in [5, 5.41) is 0. The lowest BCUT2D eigenvalue weighted by molar-refractivity contribution is 0.0934. The van der Waals surface area contributed by atoms with Gasteiger partial charge < -0.3 is 0 Å². The molecular weight excluding hydrogens is 296 g/mol. The SMILES string of the molecule is Cc1ccc(S(=O)(=O)O[C@H](c2ccccc2)C(C)(C)C)cc1. The largest absolute Gasteiger partial charge is 0.297 e. The summed E-state index contributed by atoms with van der Waals surface area (Å²) in [6.07, 6.45) is -0.542. The molecule has 0 radical (unpaired) electrons. The molecule has 4 heteroatoms. The quantitative estimate of drug-likeness (QED) is 0.780. The minimum atomic E-state index is -3.81. The van der Waals surface area contributed by atoms with E-state index in [1.165, 1.54) is 0 Å². The average molecular weight is 318 g/mol. The maximum absolute atomic E-state index is 12.6. The van der Waals surface area contributed by atoms with E-state index in [-0.39, 0.29) is 10.3 Å². The van der Waals surface area contributed by atoms with Crippen molar-refractivity contribution in [3.63, 3.8) is 0 Å². The Labute approximate surface area is 133 Å². The van der Waals surface area contributed by atoms with Gasteiger partial charge in [0.25, 0.3) is 10.1 Å². The predicted molar refractivity (Wildman–Crippen MR) is 88.1 cm³/mol. The molecule has 0 heterocycles. The summed E-state index contributed by atoms with van der Waals surface area (Å²) >= 11 is 0. The van der Waals surface area contributed by atoms with Crippen molar-refractivity contribution < 1.29 is 12.6 Å². The zero-order valence-electron chi connectivity index (χ0n) is 13.4. The van der Waals surface area contributed by atoms with E-state index >= 15 is 0 Å². The zero-order valence-corrected chi connectivity index (χ0v) is 14.2. The van der Waals surface area contributed by atoms with Gasteiger partial charge in [0, 0.05) is 0 Å². The number of aryl methyl sites for hydroxylation is 1. The Morgan fingerprint density at radius 2 is 1.45 bits per heavy atom. The lowest BCUT2D eigenvalue weighted by Crippen LogP contribution is -2.24. The summed E-state index contributed by atoms with van der Waals surface area (Å²) in [6.45, 7) is 7.82. The van der Waals surface area contributed by atoms with Gasteiger partial charge >= 0.3 is 0 Å². The van der Waals surface area contributed by atoms with Gasteiger partial charge in [0.1, 0.15) is 6.10 Å². The van der Waals surface area contributed by atoms with Crippen molar-refractivity contribution in [2.45, 2.75) is 38.7 Å². The van der Waals surface area contributed by atoms with Crippen molar-refractivity contribution in [1.82, 2.24) is 0 Å². The third-order valence-electron chi connectivity index (χ3n) is 3.42. The maximum Gasteiger partial charge on any atom is 0.297 e. The first kappa shape index (κ1) is 16.7. The minimum Gasteiger partial charge on any atom is -0.258 e. The van der Waals surface area contributed by atoms with E-state index in [0.717, 1.165) is 11.1 Å². The van der Waals surface area contributed by atoms with Crippen LogP contribution in [0.15, 0.2) is 59.5 Å². The third-order valence-corrected chi connectivity index (χ3v) is 4.72. The number of rotatable bonds is 4. The zero-order chi connectivity index (χ0) is 16.4. The molecule has 0 spiro atoms. The van der Waals surface area contributed by atoms with E-state index in [4.69, 9.17) is 4.18 Å². The molecule has 2 rings (SSSR count). The molecule has 0 fully saturated rings. The third kappa shape index (κ3) is 3.96. The standard InChI is InChI=1S/C18H22O3S/c1-14-10-12-16(13-11-14)22(19,20)21-17(18(2,3)4)15-8-6-5-7-9-15/h5-13,17H,1-4H3/t17-/m1/s1. The Balaban J connectivity index is 2.37. The van der Waals surface area contributed by atoms with E-state index in [0.29, 0.717) is 0 Å². The van der Waals surface area contributed by atoms with E-state index in [2.05, 4.69) is 0 Å². The van der Waals surface area contributed by atoms with Crippen molar-refractivity contribution in [1.29, 1.82) is 0 Å². The molecule has 0 aliphatic carbocycles. The Morgan fingerprint density at radius 3 is 1.95 bits per heavy atom. The van der Waals surface area contributed by atoms with Crippen molar-refractivity contribution in [3.05, 3.63) is 65.7 Å². The Bertz CT molecular complexity index is 711. The highest BCUT2D eigenvalue weighted by Gasteiger charge is 2.32. The first-order valence-electron chi connectivity index (χ1n) is 7.25. The van der Waals surface area contributed by atoms with E-state index in [1.807, 2.05) is 58.0 Å². The van der Waals surface area contributed by atoms with Crippen molar-refractivity contribution in [3.8, 4) is 0 Å². The molecule has 0 amide bonds. The molecule has 0 saturated carbocycles. The summed E-state index contributed by atoms with van der Waals surface area (Å²) in [6, 6.07) is 16.1. The Hall–Kier alpha value is -1.65. The molecule has 0 N–H and O–H groups in total. The highest BCUT2D eigenvalue weighted by Crippen LogP contribution is 2.38. The van der Waals surface area contributed by atoms with Gasteiger partial charge in [0.2, 0.25) is 0 Å². The summed E-state index contributed by atoms with van der Waals surface area (Å²) in [5.41, 5.74) is 1.51. The van der Waals surface area contributed by atoms with Crippen molar-refractivity contribution >= 4 is 10.1 Å². The molecule has 1 atom stereocenters. The van der Waals surface area contributed by atoms with Gasteiger partial charge in [-0.2, -0.15) is 8.42 Å². The van der Waals surface area contributed by atoms with Crippen LogP contribution in [0.1, 0.15) is 38.0 Å². The smallest absolute Gasteiger partial charge is 0.258 e. The summed E-state index contributed by atoms with van der Waals surface area (Å²) in [4.78, 5) is 0.184. The molecule has 0 saturated heterocycles. The summed E-state index contributed by atoms with van der Waals surface area (Å²) < 4.78 is 30.7. The molecule has 118 valence electrons. The van der Waals surface area contributed by atoms with Crippen LogP contribution < -0.4 is 0 Å². The first-order valence-corrected chi connectivity index (χ1v) is 8.66. The second kappa shape index (κ2) is 6.23. The molecule has 0 aromatic heterocycles. The molecule has 2 aromatic carbocycles. The van der Waals surface area contributed by atoms with Gasteiger partial charge in [-0.25, -0.2) is 0 Å². The van der Waals surface area contributed by atoms with E-state index < -0.39 is 16.2 Å². The molecule has 3 nitrogen and oxygen atoms in total. The van der Waals surface area contributed by atoms with Crippen LogP contribution in [0, 0.1) is 12.3 Å². The highest BCUT2D eigenvalue weighted by atomic mass is 32.2. The molecule has 0 unspecified atom stereocenters. The fourth-order valence-corrected chi connectivity index (χ4v) is 3.45. The van der Waals surface area contributed by atoms with Crippen molar-refractivity contribution in [2.75, 3.05) is 0 Å². The molecule has 2 aromatic rings. The molecule has 0 bridgehead atoms. The van der Waals surface area contributed by atoms with Crippen LogP contribution in [-0.2, 0) is 14.3 Å². The molecule has 0 aliphatic rings. The van der Waals surface area contributed by atoms with Gasteiger partial charge in [-0.1, -0.05) is 68.8 Å². The van der Waals surface area contributed by atoms with Crippen LogP contribution in [0.5, 0.6) is 0 Å². The fraction of sp³-hybridized carbons (Fsp3) is 0.333. The van der Waals surface area contributed by atoms with Crippen molar-refractivity contribution in [2.24, 2.45) is 5.41 Å². The Kier molecular flexibility index (Phi) is 4.73. The molecule has 0 aliphatic heterocycles. The van der Waals surface area contributed by atoms with Gasteiger partial charge in [0.05, 0.1) is 4.90 Å². The van der Waals surface area contributed by atoms with Crippen LogP contribution in [-0.4, -0.2) is 8.42 Å². The summed E-state index contributed by atoms with van der Waals surface area (Å²) in [5.74, 6) is 0. The second-order valence-electron chi connectivity index (χ2n) is 6.52. The Morgan fingerprint density at radius 1 is 0.909 bits per heavy atom. The molecule has 22 heavy (non-hydrogen) atoms. The number of hydrogen-bond acceptors (Lipinski definition) is 3. The van der Waals surface area contributed by atoms with Gasteiger partial charge in [-0.15, -0.1) is 0 Å². The van der Waals surface area contributed by atoms with Gasteiger partial charge in [-0.3, -0.25) is 4.18 Å². The maximum atomic E-state index is 12.6. The van der Waals surface area contributed by atoms with Crippen LogP contribution in [0.2, 0.25) is 0 Å². The first-order chi connectivity index (χ1) is 10.2. The lowest BCUT2D eigenvalue weighted by Gasteiger charge is -2.30. The van der Waals surface area contributed by atoms with Gasteiger partial charge in [-0.05, 0) is 30.0 Å². The highest BCUT2D eigenvalue weighted by molar-refractivity contribution is 7.86. The summed E-state index contributed by atoms with van der Waals surface area (Å²) in [7, 11) is -3.81. The van der Waals surface area contributed by atoms with Crippen LogP contribution in [0.25, 0.3) is 0 Å². The normalized spacial score (nSPS) is 13.8. The fourth-order valence-electron chi connectivity index (χ4n) is 2.21. The second-order valence-corrected chi connectivity index (χ2v) is 8.09. The van der Waals surface area contributed by atoms with Crippen LogP contribution in [0.3, 0.4) is 0 Å². The van der Waals surface area contributed by atoms with E-state index in [9.17, 15) is 8.42 Å². The van der Waals surface area contributed by atoms with Crippen LogP contribution >= 0.6 is 0 Å². The number of hydrogen-bond donors (Lipinski definition) is 0. The lowest BCUT2D eigenvalue weighted by atomic mass is 9.85. The van der Waals surface area contributed by atoms with E-state index in [1.54, 1.807) is 24.3 Å². The predicted octanol–water partition coefficient (Wildman–Crippen LogP) is 4.49.